The molecule has 0 N–H and O–H groups in total. The van der Waals surface area contributed by atoms with Gasteiger partial charge in [0, 0.05) is 22.6 Å². The van der Waals surface area contributed by atoms with E-state index in [1.807, 2.05) is 0 Å². The van der Waals surface area contributed by atoms with Crippen molar-refractivity contribution in [1.29, 1.82) is 0 Å². The number of ketones is 2. The number of allylic oxidation sites excluding steroid dienone is 5. The van der Waals surface area contributed by atoms with Gasteiger partial charge in [-0.25, -0.2) is 0 Å². The summed E-state index contributed by atoms with van der Waals surface area (Å²) in [4.78, 5) is 24.7. The number of hydrogen-bond acceptors (Lipinski definition) is 3. The van der Waals surface area contributed by atoms with Crippen LogP contribution in [0.5, 0.6) is 0 Å². The largest absolute Gasteiger partial charge is 0.493 e. The quantitative estimate of drug-likeness (QED) is 0.446. The number of carbonyl (C=O) groups is 2. The van der Waals surface area contributed by atoms with E-state index in [2.05, 4.69) is 26.8 Å². The van der Waals surface area contributed by atoms with Crippen molar-refractivity contribution in [3.05, 3.63) is 34.1 Å². The Morgan fingerprint density at radius 3 is 2.61 bits per heavy atom. The number of rotatable bonds is 3. The van der Waals surface area contributed by atoms with Gasteiger partial charge in [0.1, 0.15) is 5.76 Å². The zero-order valence-electron chi connectivity index (χ0n) is 14.6. The molecule has 1 unspecified atom stereocenters. The first-order valence-electron chi connectivity index (χ1n) is 8.72. The molecule has 0 amide bonds. The topological polar surface area (TPSA) is 43.4 Å². The van der Waals surface area contributed by atoms with Crippen LogP contribution in [0.1, 0.15) is 53.4 Å². The third-order valence-corrected chi connectivity index (χ3v) is 5.54. The molecule has 3 nitrogen and oxygen atoms in total. The first-order valence-corrected chi connectivity index (χ1v) is 8.72. The maximum Gasteiger partial charge on any atom is 0.232 e. The predicted octanol–water partition coefficient (Wildman–Crippen LogP) is 4.15. The van der Waals surface area contributed by atoms with Crippen LogP contribution in [0.3, 0.4) is 0 Å². The second-order valence-corrected chi connectivity index (χ2v) is 7.45. The fraction of sp³-hybridized carbons (Fsp3) is 0.600. The predicted molar refractivity (Wildman–Crippen MR) is 89.7 cm³/mol. The maximum atomic E-state index is 12.5. The molecule has 1 heterocycles. The number of ether oxygens (including phenoxy) is 1. The van der Waals surface area contributed by atoms with Crippen molar-refractivity contribution in [3.63, 3.8) is 0 Å². The Morgan fingerprint density at radius 1 is 1.17 bits per heavy atom. The van der Waals surface area contributed by atoms with Crippen LogP contribution >= 0.6 is 0 Å². The normalized spacial score (nSPS) is 30.2. The molecule has 23 heavy (non-hydrogen) atoms. The van der Waals surface area contributed by atoms with Gasteiger partial charge in [-0.2, -0.15) is 0 Å². The lowest BCUT2D eigenvalue weighted by atomic mass is 9.65. The van der Waals surface area contributed by atoms with Gasteiger partial charge in [0.15, 0.2) is 0 Å². The van der Waals surface area contributed by atoms with Gasteiger partial charge in [-0.3, -0.25) is 9.59 Å². The molecular formula is C20H26O3. The van der Waals surface area contributed by atoms with Gasteiger partial charge < -0.3 is 4.74 Å². The third-order valence-electron chi connectivity index (χ3n) is 5.54. The van der Waals surface area contributed by atoms with E-state index >= 15 is 0 Å². The summed E-state index contributed by atoms with van der Waals surface area (Å²) >= 11 is 0. The average Bonchev–Trinajstić information content (AvgIpc) is 2.51. The molecule has 0 radical (unpaired) electrons. The van der Waals surface area contributed by atoms with Crippen LogP contribution in [0, 0.1) is 17.8 Å². The second kappa shape index (κ2) is 6.10. The lowest BCUT2D eigenvalue weighted by molar-refractivity contribution is -0.133. The van der Waals surface area contributed by atoms with Gasteiger partial charge >= 0.3 is 0 Å². The molecule has 0 aromatic rings. The van der Waals surface area contributed by atoms with Gasteiger partial charge in [-0.15, -0.1) is 0 Å². The minimum absolute atomic E-state index is 0.168. The van der Waals surface area contributed by atoms with Crippen LogP contribution in [0.15, 0.2) is 34.1 Å². The van der Waals surface area contributed by atoms with E-state index in [-0.39, 0.29) is 17.5 Å². The van der Waals surface area contributed by atoms with Gasteiger partial charge in [-0.05, 0) is 58.3 Å². The molecule has 0 bridgehead atoms. The summed E-state index contributed by atoms with van der Waals surface area (Å²) in [6.07, 6.45) is 6.49. The van der Waals surface area contributed by atoms with Crippen LogP contribution in [-0.2, 0) is 14.3 Å². The van der Waals surface area contributed by atoms with E-state index in [0.717, 1.165) is 42.6 Å². The van der Waals surface area contributed by atoms with Crippen LogP contribution in [0.4, 0.5) is 0 Å². The van der Waals surface area contributed by atoms with Gasteiger partial charge in [0.2, 0.25) is 11.6 Å². The van der Waals surface area contributed by atoms with Crippen molar-refractivity contribution in [2.24, 2.45) is 17.8 Å². The molecule has 1 fully saturated rings. The zero-order chi connectivity index (χ0) is 16.7. The minimum Gasteiger partial charge on any atom is -0.493 e. The standard InChI is InChI=1S/C20H26O3/c1-11(2)6-5-7-14-10-23-20-13(4)18(21)19(22)16-12(3)8-9-15(14)17(16)20/h6,12,14-15H,5,7-10H2,1-4H3/t12?,14-,15+/m1/s1. The summed E-state index contributed by atoms with van der Waals surface area (Å²) in [5.74, 6) is 1.06. The maximum absolute atomic E-state index is 12.5. The fourth-order valence-electron chi connectivity index (χ4n) is 4.25. The highest BCUT2D eigenvalue weighted by molar-refractivity contribution is 6.50. The summed E-state index contributed by atoms with van der Waals surface area (Å²) in [5, 5.41) is 0. The molecule has 1 aliphatic heterocycles. The molecule has 1 saturated heterocycles. The molecule has 3 aliphatic rings. The fourth-order valence-corrected chi connectivity index (χ4v) is 4.25. The minimum atomic E-state index is -0.366. The Labute approximate surface area is 138 Å². The summed E-state index contributed by atoms with van der Waals surface area (Å²) in [6, 6.07) is 0. The second-order valence-electron chi connectivity index (χ2n) is 7.45. The van der Waals surface area contributed by atoms with Crippen LogP contribution in [0.2, 0.25) is 0 Å². The van der Waals surface area contributed by atoms with Crippen LogP contribution < -0.4 is 0 Å². The third kappa shape index (κ3) is 2.71. The summed E-state index contributed by atoms with van der Waals surface area (Å²) in [6.45, 7) is 8.71. The zero-order valence-corrected chi connectivity index (χ0v) is 14.6. The Balaban J connectivity index is 1.96. The van der Waals surface area contributed by atoms with E-state index in [0.29, 0.717) is 24.0 Å². The van der Waals surface area contributed by atoms with Crippen molar-refractivity contribution in [2.75, 3.05) is 6.61 Å². The van der Waals surface area contributed by atoms with E-state index < -0.39 is 0 Å². The van der Waals surface area contributed by atoms with E-state index in [9.17, 15) is 9.59 Å². The molecule has 3 atom stereocenters. The molecule has 2 aliphatic carbocycles. The van der Waals surface area contributed by atoms with Crippen LogP contribution in [-0.4, -0.2) is 18.2 Å². The Hall–Kier alpha value is -1.64. The monoisotopic (exact) mass is 314 g/mol. The van der Waals surface area contributed by atoms with Crippen molar-refractivity contribution < 1.29 is 14.3 Å². The van der Waals surface area contributed by atoms with Gasteiger partial charge in [0.25, 0.3) is 0 Å². The van der Waals surface area contributed by atoms with Gasteiger partial charge in [0.05, 0.1) is 6.61 Å². The van der Waals surface area contributed by atoms with Crippen molar-refractivity contribution in [2.45, 2.75) is 53.4 Å². The molecule has 0 aromatic carbocycles. The van der Waals surface area contributed by atoms with Crippen molar-refractivity contribution >= 4 is 11.6 Å². The van der Waals surface area contributed by atoms with E-state index in [1.54, 1.807) is 6.92 Å². The van der Waals surface area contributed by atoms with Gasteiger partial charge in [-0.1, -0.05) is 18.6 Å². The lowest BCUT2D eigenvalue weighted by Crippen LogP contribution is -2.40. The molecule has 0 spiro atoms. The first kappa shape index (κ1) is 16.2. The highest BCUT2D eigenvalue weighted by Gasteiger charge is 2.46. The summed E-state index contributed by atoms with van der Waals surface area (Å²) in [5.41, 5.74) is 3.67. The van der Waals surface area contributed by atoms with E-state index in [1.165, 1.54) is 5.57 Å². The van der Waals surface area contributed by atoms with Crippen LogP contribution in [0.25, 0.3) is 0 Å². The SMILES string of the molecule is CC(C)=CCC[C@@H]1COC2=C(C)C(=O)C(=O)C3=C2[C@H]1CCC3C. The average molecular weight is 314 g/mol. The number of Topliss-reactive ketones (excluding diaryl/α,β-unsaturated/α-hetero) is 2. The Kier molecular flexibility index (Phi) is 4.31. The Morgan fingerprint density at radius 2 is 1.91 bits per heavy atom. The van der Waals surface area contributed by atoms with Crippen molar-refractivity contribution in [1.82, 2.24) is 0 Å². The summed E-state index contributed by atoms with van der Waals surface area (Å²) < 4.78 is 6.00. The van der Waals surface area contributed by atoms with E-state index in [4.69, 9.17) is 4.74 Å². The molecule has 3 heteroatoms. The summed E-state index contributed by atoms with van der Waals surface area (Å²) in [7, 11) is 0. The molecule has 0 aromatic heterocycles. The molecule has 124 valence electrons. The highest BCUT2D eigenvalue weighted by atomic mass is 16.5. The molecular weight excluding hydrogens is 288 g/mol. The Bertz CT molecular complexity index is 644. The molecule has 3 rings (SSSR count). The number of hydrogen-bond donors (Lipinski definition) is 0. The lowest BCUT2D eigenvalue weighted by Gasteiger charge is -2.43. The first-order chi connectivity index (χ1) is 10.9. The number of carbonyl (C=O) groups excluding carboxylic acids is 2. The smallest absolute Gasteiger partial charge is 0.232 e. The highest BCUT2D eigenvalue weighted by Crippen LogP contribution is 2.49. The molecule has 0 saturated carbocycles. The van der Waals surface area contributed by atoms with Crippen molar-refractivity contribution in [3.8, 4) is 0 Å².